The van der Waals surface area contributed by atoms with E-state index >= 15 is 0 Å². The second-order valence-electron chi connectivity index (χ2n) is 6.22. The summed E-state index contributed by atoms with van der Waals surface area (Å²) in [6.45, 7) is 8.92. The quantitative estimate of drug-likeness (QED) is 0.941. The molecule has 0 bridgehead atoms. The Morgan fingerprint density at radius 1 is 1.21 bits per heavy atom. The molecule has 0 aliphatic carbocycles. The first-order valence-electron chi connectivity index (χ1n) is 8.32. The Balaban J connectivity index is 1.54. The lowest BCUT2D eigenvalue weighted by Gasteiger charge is -2.36. The van der Waals surface area contributed by atoms with E-state index in [4.69, 9.17) is 4.42 Å². The average Bonchev–Trinajstić information content (AvgIpc) is 2.94. The molecule has 1 saturated heterocycles. The van der Waals surface area contributed by atoms with Crippen molar-refractivity contribution in [1.82, 2.24) is 15.2 Å². The molecule has 6 nitrogen and oxygen atoms in total. The van der Waals surface area contributed by atoms with E-state index in [9.17, 15) is 4.79 Å². The highest BCUT2D eigenvalue weighted by Crippen LogP contribution is 2.21. The van der Waals surface area contributed by atoms with Gasteiger partial charge in [-0.3, -0.25) is 4.98 Å². The van der Waals surface area contributed by atoms with E-state index in [0.717, 1.165) is 35.9 Å². The van der Waals surface area contributed by atoms with E-state index in [-0.39, 0.29) is 12.1 Å². The molecule has 1 aliphatic rings. The van der Waals surface area contributed by atoms with Crippen LogP contribution in [0.25, 0.3) is 0 Å². The predicted octanol–water partition coefficient (Wildman–Crippen LogP) is 2.88. The molecular weight excluding hydrogens is 304 g/mol. The fourth-order valence-electron chi connectivity index (χ4n) is 3.16. The molecule has 24 heavy (non-hydrogen) atoms. The minimum absolute atomic E-state index is 0.0184. The van der Waals surface area contributed by atoms with Crippen LogP contribution < -0.4 is 10.2 Å². The molecule has 1 N–H and O–H groups in total. The van der Waals surface area contributed by atoms with Crippen molar-refractivity contribution in [3.8, 4) is 0 Å². The zero-order valence-corrected chi connectivity index (χ0v) is 14.5. The molecule has 0 radical (unpaired) electrons. The average molecular weight is 328 g/mol. The summed E-state index contributed by atoms with van der Waals surface area (Å²) in [5.74, 6) is 1.73. The molecule has 2 amide bonds. The number of aromatic nitrogens is 1. The van der Waals surface area contributed by atoms with Gasteiger partial charge < -0.3 is 19.5 Å². The van der Waals surface area contributed by atoms with Gasteiger partial charge in [-0.05, 0) is 39.0 Å². The second kappa shape index (κ2) is 6.95. The van der Waals surface area contributed by atoms with Crippen LogP contribution in [0, 0.1) is 13.8 Å². The Morgan fingerprint density at radius 3 is 2.46 bits per heavy atom. The summed E-state index contributed by atoms with van der Waals surface area (Å²) in [7, 11) is 0. The Bertz CT molecular complexity index is 690. The van der Waals surface area contributed by atoms with E-state index in [1.807, 2.05) is 43.9 Å². The smallest absolute Gasteiger partial charge is 0.317 e. The summed E-state index contributed by atoms with van der Waals surface area (Å²) < 4.78 is 5.55. The summed E-state index contributed by atoms with van der Waals surface area (Å²) in [6, 6.07) is 5.91. The highest BCUT2D eigenvalue weighted by Gasteiger charge is 2.23. The molecule has 0 spiro atoms. The third-order valence-electron chi connectivity index (χ3n) is 4.48. The molecule has 128 valence electrons. The van der Waals surface area contributed by atoms with Gasteiger partial charge >= 0.3 is 6.03 Å². The largest absolute Gasteiger partial charge is 0.466 e. The number of pyridine rings is 1. The van der Waals surface area contributed by atoms with Crippen molar-refractivity contribution in [2.24, 2.45) is 0 Å². The number of nitrogens with zero attached hydrogens (tertiary/aromatic N) is 3. The van der Waals surface area contributed by atoms with E-state index in [2.05, 4.69) is 15.2 Å². The van der Waals surface area contributed by atoms with Crippen molar-refractivity contribution in [1.29, 1.82) is 0 Å². The number of nitrogens with one attached hydrogen (secondary N) is 1. The van der Waals surface area contributed by atoms with Crippen molar-refractivity contribution in [2.45, 2.75) is 26.8 Å². The Kier molecular flexibility index (Phi) is 4.74. The minimum Gasteiger partial charge on any atom is -0.466 e. The highest BCUT2D eigenvalue weighted by molar-refractivity contribution is 5.75. The number of piperazine rings is 1. The molecule has 1 fully saturated rings. The van der Waals surface area contributed by atoms with Gasteiger partial charge in [0.25, 0.3) is 0 Å². The summed E-state index contributed by atoms with van der Waals surface area (Å²) in [6.07, 6.45) is 3.59. The third-order valence-corrected chi connectivity index (χ3v) is 4.48. The fraction of sp³-hybridized carbons (Fsp3) is 0.444. The number of carbonyl (C=O) groups excluding carboxylic acids is 1. The first-order chi connectivity index (χ1) is 11.5. The molecule has 0 saturated carbocycles. The van der Waals surface area contributed by atoms with Crippen molar-refractivity contribution in [2.75, 3.05) is 31.1 Å². The van der Waals surface area contributed by atoms with Crippen molar-refractivity contribution in [3.05, 3.63) is 47.7 Å². The Hall–Kier alpha value is -2.50. The second-order valence-corrected chi connectivity index (χ2v) is 6.22. The number of hydrogen-bond donors (Lipinski definition) is 1. The number of carbonyl (C=O) groups is 1. The number of furan rings is 1. The maximum Gasteiger partial charge on any atom is 0.317 e. The SMILES string of the molecule is Cc1cc(C(C)NC(=O)N2CCN(c3ccncc3)CC2)c(C)o1. The zero-order chi connectivity index (χ0) is 17.1. The molecule has 6 heteroatoms. The number of amides is 2. The molecule has 1 unspecified atom stereocenters. The van der Waals surface area contributed by atoms with Crippen LogP contribution in [0.5, 0.6) is 0 Å². The van der Waals surface area contributed by atoms with Crippen LogP contribution in [0.1, 0.15) is 30.0 Å². The number of anilines is 1. The predicted molar refractivity (Wildman–Crippen MR) is 93.2 cm³/mol. The normalized spacial score (nSPS) is 16.1. The summed E-state index contributed by atoms with van der Waals surface area (Å²) in [4.78, 5) is 20.7. The fourth-order valence-corrected chi connectivity index (χ4v) is 3.16. The Labute approximate surface area is 142 Å². The zero-order valence-electron chi connectivity index (χ0n) is 14.5. The van der Waals surface area contributed by atoms with Crippen LogP contribution in [-0.2, 0) is 0 Å². The molecule has 2 aromatic rings. The Morgan fingerprint density at radius 2 is 1.88 bits per heavy atom. The molecular formula is C18H24N4O2. The lowest BCUT2D eigenvalue weighted by atomic mass is 10.1. The van der Waals surface area contributed by atoms with Crippen LogP contribution in [-0.4, -0.2) is 42.1 Å². The number of urea groups is 1. The van der Waals surface area contributed by atoms with Gasteiger partial charge in [-0.2, -0.15) is 0 Å². The molecule has 1 aliphatic heterocycles. The van der Waals surface area contributed by atoms with E-state index in [1.54, 1.807) is 12.4 Å². The maximum atomic E-state index is 12.5. The summed E-state index contributed by atoms with van der Waals surface area (Å²) >= 11 is 0. The highest BCUT2D eigenvalue weighted by atomic mass is 16.3. The van der Waals surface area contributed by atoms with Crippen LogP contribution in [0.4, 0.5) is 10.5 Å². The molecule has 3 heterocycles. The van der Waals surface area contributed by atoms with Gasteiger partial charge in [0, 0.05) is 49.8 Å². The van der Waals surface area contributed by atoms with E-state index < -0.39 is 0 Å². The minimum atomic E-state index is -0.0619. The molecule has 2 aromatic heterocycles. The maximum absolute atomic E-state index is 12.5. The summed E-state index contributed by atoms with van der Waals surface area (Å²) in [5, 5.41) is 3.07. The lowest BCUT2D eigenvalue weighted by Crippen LogP contribution is -2.52. The third kappa shape index (κ3) is 3.53. The van der Waals surface area contributed by atoms with E-state index in [0.29, 0.717) is 13.1 Å². The van der Waals surface area contributed by atoms with Gasteiger partial charge in [-0.1, -0.05) is 0 Å². The molecule has 0 aromatic carbocycles. The standard InChI is InChI=1S/C18H24N4O2/c1-13-12-17(15(3)24-13)14(2)20-18(23)22-10-8-21(9-11-22)16-4-6-19-7-5-16/h4-7,12,14H,8-11H2,1-3H3,(H,20,23). The number of rotatable bonds is 3. The first-order valence-corrected chi connectivity index (χ1v) is 8.32. The van der Waals surface area contributed by atoms with Crippen LogP contribution in [0.2, 0.25) is 0 Å². The van der Waals surface area contributed by atoms with Gasteiger partial charge in [0.2, 0.25) is 0 Å². The monoisotopic (exact) mass is 328 g/mol. The topological polar surface area (TPSA) is 61.6 Å². The van der Waals surface area contributed by atoms with E-state index in [1.165, 1.54) is 0 Å². The van der Waals surface area contributed by atoms with Crippen LogP contribution >= 0.6 is 0 Å². The van der Waals surface area contributed by atoms with Gasteiger partial charge in [0.15, 0.2) is 0 Å². The van der Waals surface area contributed by atoms with Crippen molar-refractivity contribution < 1.29 is 9.21 Å². The van der Waals surface area contributed by atoms with Gasteiger partial charge in [0.1, 0.15) is 11.5 Å². The van der Waals surface area contributed by atoms with Gasteiger partial charge in [0.05, 0.1) is 6.04 Å². The van der Waals surface area contributed by atoms with Crippen LogP contribution in [0.3, 0.4) is 0 Å². The lowest BCUT2D eigenvalue weighted by molar-refractivity contribution is 0.191. The van der Waals surface area contributed by atoms with Crippen LogP contribution in [0.15, 0.2) is 35.0 Å². The first kappa shape index (κ1) is 16.4. The van der Waals surface area contributed by atoms with Crippen molar-refractivity contribution in [3.63, 3.8) is 0 Å². The number of aryl methyl sites for hydroxylation is 2. The number of hydrogen-bond acceptors (Lipinski definition) is 4. The summed E-state index contributed by atoms with van der Waals surface area (Å²) in [5.41, 5.74) is 2.19. The van der Waals surface area contributed by atoms with Gasteiger partial charge in [-0.15, -0.1) is 0 Å². The molecule has 1 atom stereocenters. The molecule has 3 rings (SSSR count). The van der Waals surface area contributed by atoms with Gasteiger partial charge in [-0.25, -0.2) is 4.79 Å². The van der Waals surface area contributed by atoms with Crippen molar-refractivity contribution >= 4 is 11.7 Å².